The molecule has 0 radical (unpaired) electrons. The van der Waals surface area contributed by atoms with Crippen molar-refractivity contribution in [2.45, 2.75) is 52.2 Å². The summed E-state index contributed by atoms with van der Waals surface area (Å²) in [6, 6.07) is 20.8. The van der Waals surface area contributed by atoms with Crippen molar-refractivity contribution in [3.63, 3.8) is 0 Å². The first kappa shape index (κ1) is 31.6. The van der Waals surface area contributed by atoms with E-state index < -0.39 is 28.5 Å². The summed E-state index contributed by atoms with van der Waals surface area (Å²) in [5.41, 5.74) is 2.64. The number of anilines is 1. The van der Waals surface area contributed by atoms with Crippen LogP contribution in [0.15, 0.2) is 77.3 Å². The van der Waals surface area contributed by atoms with Crippen LogP contribution in [0.3, 0.4) is 0 Å². The number of sulfonamides is 1. The number of carbonyl (C=O) groups is 2. The molecule has 1 N–H and O–H groups in total. The van der Waals surface area contributed by atoms with Crippen molar-refractivity contribution in [1.29, 1.82) is 0 Å². The van der Waals surface area contributed by atoms with Gasteiger partial charge in [-0.3, -0.25) is 13.9 Å². The van der Waals surface area contributed by atoms with E-state index in [1.807, 2.05) is 68.4 Å². The molecular weight excluding hydrogens is 614 g/mol. The third-order valence-electron chi connectivity index (χ3n) is 6.62. The first-order valence-corrected chi connectivity index (χ1v) is 16.0. The van der Waals surface area contributed by atoms with Crippen molar-refractivity contribution in [2.75, 3.05) is 17.1 Å². The summed E-state index contributed by atoms with van der Waals surface area (Å²) in [6.07, 6.45) is 2.05. The Kier molecular flexibility index (Phi) is 11.2. The van der Waals surface area contributed by atoms with E-state index in [1.54, 1.807) is 25.1 Å². The van der Waals surface area contributed by atoms with Crippen LogP contribution in [-0.4, -0.2) is 50.0 Å². The number of carbonyl (C=O) groups excluding carboxylic acids is 2. The molecular formula is C30H35BrClN3O4S. The number of nitrogens with one attached hydrogen (secondary N) is 1. The lowest BCUT2D eigenvalue weighted by Gasteiger charge is -2.34. The van der Waals surface area contributed by atoms with Crippen LogP contribution in [0.5, 0.6) is 0 Å². The molecule has 0 saturated carbocycles. The molecule has 0 aliphatic carbocycles. The Labute approximate surface area is 250 Å². The zero-order chi connectivity index (χ0) is 29.4. The Bertz CT molecular complexity index is 1440. The van der Waals surface area contributed by atoms with Crippen LogP contribution >= 0.6 is 27.5 Å². The smallest absolute Gasteiger partial charge is 0.244 e. The third-order valence-corrected chi connectivity index (χ3v) is 8.48. The molecule has 0 unspecified atom stereocenters. The van der Waals surface area contributed by atoms with Gasteiger partial charge < -0.3 is 10.2 Å². The van der Waals surface area contributed by atoms with E-state index in [4.69, 9.17) is 11.6 Å². The van der Waals surface area contributed by atoms with Gasteiger partial charge in [0.25, 0.3) is 0 Å². The minimum atomic E-state index is -3.85. The van der Waals surface area contributed by atoms with E-state index in [0.29, 0.717) is 16.3 Å². The molecule has 0 aliphatic heterocycles. The van der Waals surface area contributed by atoms with Crippen LogP contribution in [0, 0.1) is 6.92 Å². The van der Waals surface area contributed by atoms with Gasteiger partial charge in [-0.2, -0.15) is 0 Å². The average Bonchev–Trinajstić information content (AvgIpc) is 2.89. The Hall–Kier alpha value is -2.88. The molecule has 2 amide bonds. The highest BCUT2D eigenvalue weighted by molar-refractivity contribution is 9.10. The summed E-state index contributed by atoms with van der Waals surface area (Å²) in [5.74, 6) is -0.796. The number of amides is 2. The lowest BCUT2D eigenvalue weighted by molar-refractivity contribution is -0.140. The van der Waals surface area contributed by atoms with Crippen LogP contribution in [0.1, 0.15) is 37.0 Å². The average molecular weight is 649 g/mol. The lowest BCUT2D eigenvalue weighted by Crippen LogP contribution is -2.54. The molecule has 3 aromatic rings. The van der Waals surface area contributed by atoms with Crippen LogP contribution in [0.2, 0.25) is 5.02 Å². The van der Waals surface area contributed by atoms with Gasteiger partial charge in [0.2, 0.25) is 21.8 Å². The highest BCUT2D eigenvalue weighted by atomic mass is 79.9. The number of aryl methyl sites for hydroxylation is 1. The quantitative estimate of drug-likeness (QED) is 0.272. The van der Waals surface area contributed by atoms with Crippen LogP contribution in [0.25, 0.3) is 0 Å². The number of nitrogens with zero attached hydrogens (tertiary/aromatic N) is 2. The zero-order valence-electron chi connectivity index (χ0n) is 23.1. The SMILES string of the molecule is CC[C@H](C)NC(=O)[C@@H](Cc1ccccc1)N(Cc1cccc(Br)c1)C(=O)CN(c1ccc(Cl)cc1C)S(C)(=O)=O. The third kappa shape index (κ3) is 8.81. The topological polar surface area (TPSA) is 86.8 Å². The van der Waals surface area contributed by atoms with E-state index in [-0.39, 0.29) is 24.9 Å². The Balaban J connectivity index is 2.08. The zero-order valence-corrected chi connectivity index (χ0v) is 26.3. The first-order valence-electron chi connectivity index (χ1n) is 13.0. The predicted molar refractivity (Wildman–Crippen MR) is 165 cm³/mol. The maximum atomic E-state index is 14.1. The second kappa shape index (κ2) is 14.1. The minimum absolute atomic E-state index is 0.0992. The molecule has 40 heavy (non-hydrogen) atoms. The van der Waals surface area contributed by atoms with Gasteiger partial charge in [0, 0.05) is 28.5 Å². The maximum absolute atomic E-state index is 14.1. The number of hydrogen-bond donors (Lipinski definition) is 1. The summed E-state index contributed by atoms with van der Waals surface area (Å²) in [4.78, 5) is 29.3. The van der Waals surface area contributed by atoms with Crippen LogP contribution in [-0.2, 0) is 32.6 Å². The Morgan fingerprint density at radius 2 is 1.68 bits per heavy atom. The van der Waals surface area contributed by atoms with Crippen molar-refractivity contribution in [3.8, 4) is 0 Å². The summed E-state index contributed by atoms with van der Waals surface area (Å²) in [6.45, 7) is 5.26. The second-order valence-electron chi connectivity index (χ2n) is 9.88. The van der Waals surface area contributed by atoms with Crippen molar-refractivity contribution >= 4 is 55.1 Å². The highest BCUT2D eigenvalue weighted by Crippen LogP contribution is 2.26. The molecule has 0 fully saturated rings. The number of rotatable bonds is 12. The molecule has 214 valence electrons. The summed E-state index contributed by atoms with van der Waals surface area (Å²) in [7, 11) is -3.85. The lowest BCUT2D eigenvalue weighted by atomic mass is 10.0. The fourth-order valence-electron chi connectivity index (χ4n) is 4.32. The van der Waals surface area contributed by atoms with Gasteiger partial charge in [0.1, 0.15) is 12.6 Å². The largest absolute Gasteiger partial charge is 0.352 e. The van der Waals surface area contributed by atoms with E-state index in [0.717, 1.165) is 32.6 Å². The fourth-order valence-corrected chi connectivity index (χ4v) is 5.90. The Morgan fingerprint density at radius 1 is 1.00 bits per heavy atom. The number of hydrogen-bond acceptors (Lipinski definition) is 4. The molecule has 3 aromatic carbocycles. The molecule has 7 nitrogen and oxygen atoms in total. The second-order valence-corrected chi connectivity index (χ2v) is 13.1. The van der Waals surface area contributed by atoms with Crippen molar-refractivity contribution < 1.29 is 18.0 Å². The van der Waals surface area contributed by atoms with E-state index in [2.05, 4.69) is 21.2 Å². The molecule has 0 bridgehead atoms. The van der Waals surface area contributed by atoms with Crippen LogP contribution in [0.4, 0.5) is 5.69 Å². The van der Waals surface area contributed by atoms with Crippen LogP contribution < -0.4 is 9.62 Å². The molecule has 0 aromatic heterocycles. The molecule has 2 atom stereocenters. The van der Waals surface area contributed by atoms with Gasteiger partial charge in [-0.25, -0.2) is 8.42 Å². The molecule has 0 saturated heterocycles. The predicted octanol–water partition coefficient (Wildman–Crippen LogP) is 5.73. The Morgan fingerprint density at radius 3 is 2.27 bits per heavy atom. The summed E-state index contributed by atoms with van der Waals surface area (Å²) >= 11 is 9.59. The first-order chi connectivity index (χ1) is 18.9. The molecule has 0 aliphatic rings. The normalized spacial score (nSPS) is 12.8. The van der Waals surface area contributed by atoms with Gasteiger partial charge in [0.15, 0.2) is 0 Å². The summed E-state index contributed by atoms with van der Waals surface area (Å²) in [5, 5.41) is 3.48. The van der Waals surface area contributed by atoms with Crippen molar-refractivity contribution in [3.05, 3.63) is 99.0 Å². The highest BCUT2D eigenvalue weighted by Gasteiger charge is 2.33. The van der Waals surface area contributed by atoms with E-state index in [9.17, 15) is 18.0 Å². The molecule has 0 spiro atoms. The standard InChI is InChI=1S/C30H35BrClN3O4S/c1-5-22(3)33-30(37)28(18-23-10-7-6-8-11-23)34(19-24-12-9-13-25(31)17-24)29(36)20-35(40(4,38)39)27-15-14-26(32)16-21(27)2/h6-17,22,28H,5,18-20H2,1-4H3,(H,33,37)/t22-,28+/m0/s1. The van der Waals surface area contributed by atoms with Crippen molar-refractivity contribution in [1.82, 2.24) is 10.2 Å². The van der Waals surface area contributed by atoms with Gasteiger partial charge >= 0.3 is 0 Å². The molecule has 0 heterocycles. The van der Waals surface area contributed by atoms with Gasteiger partial charge in [-0.05, 0) is 67.3 Å². The van der Waals surface area contributed by atoms with Gasteiger partial charge in [0.05, 0.1) is 11.9 Å². The van der Waals surface area contributed by atoms with E-state index in [1.165, 1.54) is 4.90 Å². The summed E-state index contributed by atoms with van der Waals surface area (Å²) < 4.78 is 27.8. The van der Waals surface area contributed by atoms with E-state index >= 15 is 0 Å². The maximum Gasteiger partial charge on any atom is 0.244 e. The number of benzene rings is 3. The monoisotopic (exact) mass is 647 g/mol. The van der Waals surface area contributed by atoms with Crippen molar-refractivity contribution in [2.24, 2.45) is 0 Å². The fraction of sp³-hybridized carbons (Fsp3) is 0.333. The molecule has 3 rings (SSSR count). The number of halogens is 2. The van der Waals surface area contributed by atoms with Gasteiger partial charge in [-0.15, -0.1) is 0 Å². The molecule has 10 heteroatoms. The van der Waals surface area contributed by atoms with Gasteiger partial charge in [-0.1, -0.05) is 76.9 Å². The minimum Gasteiger partial charge on any atom is -0.352 e.